The van der Waals surface area contributed by atoms with Crippen LogP contribution in [0.15, 0.2) is 76.5 Å². The lowest BCUT2D eigenvalue weighted by Gasteiger charge is -2.21. The van der Waals surface area contributed by atoms with Crippen LogP contribution in [0, 0.1) is 5.82 Å². The minimum atomic E-state index is -0.239. The zero-order chi connectivity index (χ0) is 19.8. The molecular formula is C22H15ClFN3S2. The van der Waals surface area contributed by atoms with Gasteiger partial charge in [0.25, 0.3) is 0 Å². The Morgan fingerprint density at radius 1 is 1.00 bits per heavy atom. The maximum atomic E-state index is 13.5. The minimum absolute atomic E-state index is 0.0167. The SMILES string of the molecule is Fc1ccc([C@H]2CC(c3cccs3)=NN2c2nc(-c3ccc(Cl)cc3)cs2)cc1. The molecule has 0 spiro atoms. The number of hydrogen-bond donors (Lipinski definition) is 0. The molecule has 7 heteroatoms. The van der Waals surface area contributed by atoms with Gasteiger partial charge in [0.05, 0.1) is 22.3 Å². The van der Waals surface area contributed by atoms with Crippen LogP contribution in [0.3, 0.4) is 0 Å². The summed E-state index contributed by atoms with van der Waals surface area (Å²) in [6, 6.07) is 18.4. The molecule has 0 N–H and O–H groups in total. The van der Waals surface area contributed by atoms with E-state index in [2.05, 4.69) is 11.4 Å². The first kappa shape index (κ1) is 18.5. The van der Waals surface area contributed by atoms with Crippen LogP contribution in [0.4, 0.5) is 9.52 Å². The van der Waals surface area contributed by atoms with Gasteiger partial charge in [-0.2, -0.15) is 5.10 Å². The van der Waals surface area contributed by atoms with Gasteiger partial charge in [-0.05, 0) is 41.3 Å². The fraction of sp³-hybridized carbons (Fsp3) is 0.0909. The predicted octanol–water partition coefficient (Wildman–Crippen LogP) is 7.02. The van der Waals surface area contributed by atoms with Crippen LogP contribution in [-0.2, 0) is 0 Å². The molecule has 2 aromatic heterocycles. The standard InChI is InChI=1S/C22H15ClFN3S2/c23-16-7-3-14(4-8-16)19-13-29-22(25-19)27-20(15-5-9-17(24)10-6-15)12-18(26-27)21-2-1-11-28-21/h1-11,13,20H,12H2/t20-/m1/s1. The fourth-order valence-corrected chi connectivity index (χ4v) is 5.03. The summed E-state index contributed by atoms with van der Waals surface area (Å²) >= 11 is 9.23. The molecule has 1 aliphatic rings. The fourth-order valence-electron chi connectivity index (χ4n) is 3.35. The maximum absolute atomic E-state index is 13.5. The molecule has 0 fully saturated rings. The molecular weight excluding hydrogens is 425 g/mol. The second-order valence-corrected chi connectivity index (χ2v) is 8.88. The molecule has 0 amide bonds. The van der Waals surface area contributed by atoms with Crippen molar-refractivity contribution < 1.29 is 4.39 Å². The van der Waals surface area contributed by atoms with Crippen molar-refractivity contribution in [2.24, 2.45) is 5.10 Å². The summed E-state index contributed by atoms with van der Waals surface area (Å²) < 4.78 is 13.5. The van der Waals surface area contributed by atoms with Crippen molar-refractivity contribution >= 4 is 45.1 Å². The first-order chi connectivity index (χ1) is 14.2. The van der Waals surface area contributed by atoms with Crippen molar-refractivity contribution in [3.05, 3.63) is 92.7 Å². The molecule has 5 rings (SSSR count). The van der Waals surface area contributed by atoms with Gasteiger partial charge in [-0.15, -0.1) is 22.7 Å². The third kappa shape index (κ3) is 3.71. The van der Waals surface area contributed by atoms with Gasteiger partial charge < -0.3 is 0 Å². The van der Waals surface area contributed by atoms with E-state index in [4.69, 9.17) is 21.7 Å². The Labute approximate surface area is 180 Å². The van der Waals surface area contributed by atoms with Crippen LogP contribution in [0.2, 0.25) is 5.02 Å². The number of thiophene rings is 1. The van der Waals surface area contributed by atoms with Crippen molar-refractivity contribution in [3.8, 4) is 11.3 Å². The Morgan fingerprint density at radius 2 is 1.79 bits per heavy atom. The molecule has 1 aliphatic heterocycles. The summed E-state index contributed by atoms with van der Waals surface area (Å²) in [5.74, 6) is -0.239. The summed E-state index contributed by atoms with van der Waals surface area (Å²) in [5, 5.41) is 12.5. The predicted molar refractivity (Wildman–Crippen MR) is 120 cm³/mol. The van der Waals surface area contributed by atoms with Crippen molar-refractivity contribution in [1.29, 1.82) is 0 Å². The molecule has 3 heterocycles. The normalized spacial score (nSPS) is 16.3. The van der Waals surface area contributed by atoms with Gasteiger partial charge in [-0.25, -0.2) is 14.4 Å². The molecule has 2 aromatic carbocycles. The number of benzene rings is 2. The van der Waals surface area contributed by atoms with E-state index < -0.39 is 0 Å². The first-order valence-electron chi connectivity index (χ1n) is 9.05. The number of aromatic nitrogens is 1. The number of rotatable bonds is 4. The van der Waals surface area contributed by atoms with E-state index in [9.17, 15) is 4.39 Å². The molecule has 4 aromatic rings. The quantitative estimate of drug-likeness (QED) is 0.341. The number of thiazole rings is 1. The molecule has 0 saturated carbocycles. The topological polar surface area (TPSA) is 28.5 Å². The smallest absolute Gasteiger partial charge is 0.207 e. The van der Waals surface area contributed by atoms with E-state index in [1.54, 1.807) is 22.7 Å². The Bertz CT molecular complexity index is 1150. The molecule has 0 saturated heterocycles. The Hall–Kier alpha value is -2.54. The zero-order valence-electron chi connectivity index (χ0n) is 15.1. The molecule has 3 nitrogen and oxygen atoms in total. The van der Waals surface area contributed by atoms with Crippen molar-refractivity contribution in [1.82, 2.24) is 4.98 Å². The molecule has 0 radical (unpaired) electrons. The summed E-state index contributed by atoms with van der Waals surface area (Å²) in [6.07, 6.45) is 0.752. The highest BCUT2D eigenvalue weighted by atomic mass is 35.5. The summed E-state index contributed by atoms with van der Waals surface area (Å²) in [4.78, 5) is 5.97. The lowest BCUT2D eigenvalue weighted by molar-refractivity contribution is 0.624. The van der Waals surface area contributed by atoms with Crippen molar-refractivity contribution in [3.63, 3.8) is 0 Å². The van der Waals surface area contributed by atoms with Crippen LogP contribution < -0.4 is 5.01 Å². The number of nitrogens with zero attached hydrogens (tertiary/aromatic N) is 3. The van der Waals surface area contributed by atoms with Gasteiger partial charge in [0, 0.05) is 22.4 Å². The highest BCUT2D eigenvalue weighted by Crippen LogP contribution is 2.40. The molecule has 0 bridgehead atoms. The maximum Gasteiger partial charge on any atom is 0.207 e. The number of anilines is 1. The Balaban J connectivity index is 1.52. The van der Waals surface area contributed by atoms with Crippen LogP contribution in [0.25, 0.3) is 11.3 Å². The average Bonchev–Trinajstić information content (AvgIpc) is 3.48. The molecule has 1 atom stereocenters. The van der Waals surface area contributed by atoms with E-state index in [1.165, 1.54) is 12.1 Å². The van der Waals surface area contributed by atoms with E-state index in [-0.39, 0.29) is 11.9 Å². The average molecular weight is 440 g/mol. The van der Waals surface area contributed by atoms with E-state index in [1.807, 2.05) is 52.9 Å². The second-order valence-electron chi connectivity index (χ2n) is 6.66. The van der Waals surface area contributed by atoms with E-state index in [0.29, 0.717) is 5.02 Å². The first-order valence-corrected chi connectivity index (χ1v) is 11.2. The van der Waals surface area contributed by atoms with Gasteiger partial charge in [-0.1, -0.05) is 41.9 Å². The summed E-state index contributed by atoms with van der Waals surface area (Å²) in [6.45, 7) is 0. The van der Waals surface area contributed by atoms with Crippen LogP contribution >= 0.6 is 34.3 Å². The summed E-state index contributed by atoms with van der Waals surface area (Å²) in [7, 11) is 0. The highest BCUT2D eigenvalue weighted by Gasteiger charge is 2.32. The Kier molecular flexibility index (Phi) is 4.91. The van der Waals surface area contributed by atoms with E-state index in [0.717, 1.165) is 39.0 Å². The molecule has 0 unspecified atom stereocenters. The molecule has 144 valence electrons. The Morgan fingerprint density at radius 3 is 2.52 bits per heavy atom. The van der Waals surface area contributed by atoms with Crippen molar-refractivity contribution in [2.75, 3.05) is 5.01 Å². The van der Waals surface area contributed by atoms with Gasteiger partial charge in [0.2, 0.25) is 5.13 Å². The van der Waals surface area contributed by atoms with Crippen LogP contribution in [0.1, 0.15) is 22.9 Å². The highest BCUT2D eigenvalue weighted by molar-refractivity contribution is 7.14. The zero-order valence-corrected chi connectivity index (χ0v) is 17.5. The van der Waals surface area contributed by atoms with E-state index >= 15 is 0 Å². The largest absolute Gasteiger partial charge is 0.231 e. The number of halogens is 2. The molecule has 0 aliphatic carbocycles. The van der Waals surface area contributed by atoms with Gasteiger partial charge in [0.15, 0.2) is 0 Å². The van der Waals surface area contributed by atoms with Crippen LogP contribution in [-0.4, -0.2) is 10.7 Å². The van der Waals surface area contributed by atoms with Gasteiger partial charge in [-0.3, -0.25) is 0 Å². The van der Waals surface area contributed by atoms with Crippen LogP contribution in [0.5, 0.6) is 0 Å². The number of hydrazone groups is 1. The molecule has 29 heavy (non-hydrogen) atoms. The van der Waals surface area contributed by atoms with Crippen molar-refractivity contribution in [2.45, 2.75) is 12.5 Å². The number of hydrogen-bond acceptors (Lipinski definition) is 5. The van der Waals surface area contributed by atoms with Gasteiger partial charge in [0.1, 0.15) is 5.82 Å². The lowest BCUT2D eigenvalue weighted by atomic mass is 10.0. The third-order valence-electron chi connectivity index (χ3n) is 4.80. The second kappa shape index (κ2) is 7.71. The third-order valence-corrected chi connectivity index (χ3v) is 6.80. The minimum Gasteiger partial charge on any atom is -0.231 e. The summed E-state index contributed by atoms with van der Waals surface area (Å²) in [5.41, 5.74) is 3.94. The monoisotopic (exact) mass is 439 g/mol. The van der Waals surface area contributed by atoms with Gasteiger partial charge >= 0.3 is 0 Å². The lowest BCUT2D eigenvalue weighted by Crippen LogP contribution is -2.18.